The fourth-order valence-corrected chi connectivity index (χ4v) is 9.37. The first kappa shape index (κ1) is 56.3. The van der Waals surface area contributed by atoms with Gasteiger partial charge in [0.1, 0.15) is 54.6 Å². The van der Waals surface area contributed by atoms with Gasteiger partial charge in [0.2, 0.25) is 10.1 Å². The number of carbonyl (C=O) groups excluding carboxylic acids is 5. The average molecular weight is 1150 g/mol. The molecule has 25 heteroatoms. The second kappa shape index (κ2) is 25.0. The minimum atomic E-state index is -2.09. The second-order valence-corrected chi connectivity index (χ2v) is 20.5. The van der Waals surface area contributed by atoms with E-state index in [9.17, 15) is 29.1 Å². The first-order valence-electron chi connectivity index (χ1n) is 22.0. The summed E-state index contributed by atoms with van der Waals surface area (Å²) >= 11 is 43.6. The van der Waals surface area contributed by atoms with Crippen LogP contribution in [-0.2, 0) is 60.7 Å². The summed E-state index contributed by atoms with van der Waals surface area (Å²) in [7, 11) is 1.46. The van der Waals surface area contributed by atoms with Gasteiger partial charge in [-0.25, -0.2) is 4.79 Å². The molecule has 4 aromatic carbocycles. The quantitative estimate of drug-likeness (QED) is 0.0239. The number of amides is 3. The van der Waals surface area contributed by atoms with Crippen molar-refractivity contribution in [1.29, 1.82) is 0 Å². The third-order valence-corrected chi connectivity index (χ3v) is 13.5. The largest absolute Gasteiger partial charge is 0.497 e. The number of halogens is 7. The lowest BCUT2D eigenvalue weighted by atomic mass is 9.93. The maximum absolute atomic E-state index is 14.6. The fraction of sp³-hybridized carbons (Fsp3) is 0.396. The van der Waals surface area contributed by atoms with Gasteiger partial charge in [0.25, 0.3) is 11.8 Å². The summed E-state index contributed by atoms with van der Waals surface area (Å²) in [5.41, 5.74) is 0.630. The summed E-state index contributed by atoms with van der Waals surface area (Å²) in [6.07, 6.45) is -14.7. The minimum absolute atomic E-state index is 0.00639. The van der Waals surface area contributed by atoms with Crippen molar-refractivity contribution in [2.45, 2.75) is 92.1 Å². The van der Waals surface area contributed by atoms with E-state index in [1.165, 1.54) is 19.2 Å². The lowest BCUT2D eigenvalue weighted by Crippen LogP contribution is -2.71. The molecule has 18 nitrogen and oxygen atoms in total. The highest BCUT2D eigenvalue weighted by Gasteiger charge is 2.59. The molecule has 0 radical (unpaired) electrons. The number of ether oxygens (including phenoxy) is 10. The molecule has 0 saturated carbocycles. The van der Waals surface area contributed by atoms with Crippen LogP contribution in [-0.4, -0.2) is 132 Å². The molecule has 2 N–H and O–H groups in total. The molecule has 0 aliphatic carbocycles. The molecule has 3 amide bonds. The van der Waals surface area contributed by atoms with Gasteiger partial charge in [-0.05, 0) is 35.4 Å². The number of aliphatic hydroxyl groups is 1. The molecule has 73 heavy (non-hydrogen) atoms. The van der Waals surface area contributed by atoms with Crippen LogP contribution in [0.3, 0.4) is 0 Å². The van der Waals surface area contributed by atoms with Gasteiger partial charge in [-0.2, -0.15) is 0 Å². The van der Waals surface area contributed by atoms with Crippen LogP contribution < -0.4 is 14.8 Å². The van der Waals surface area contributed by atoms with E-state index in [1.807, 2.05) is 12.1 Å². The van der Waals surface area contributed by atoms with Crippen LogP contribution in [0.15, 0.2) is 84.9 Å². The number of fused-ring (bicyclic) bond motifs is 1. The van der Waals surface area contributed by atoms with Crippen molar-refractivity contribution in [1.82, 2.24) is 10.2 Å². The summed E-state index contributed by atoms with van der Waals surface area (Å²) in [5, 5.41) is 14.0. The molecule has 0 spiro atoms. The van der Waals surface area contributed by atoms with Gasteiger partial charge in [-0.15, -0.1) is 0 Å². The SMILES string of the molecule is COc1ccc(O[C@@H]2O[C@H](COCc3ccccc3)[C@@H](O[C@@H]3O[C@H](COCc4ccccc4)[C@H](OC(C)=O)[C@H](OC(C)=O)[C@H]3NC(=O)OCC(Cl)(Cl)Cl)[C@H](O)[C@H]2N2C(=O)c3c(Cl)c(Cl)c(Cl)c(Cl)c3C2=O)cc1. The third kappa shape index (κ3) is 13.7. The van der Waals surface area contributed by atoms with Crippen LogP contribution in [0.25, 0.3) is 0 Å². The maximum atomic E-state index is 14.6. The van der Waals surface area contributed by atoms with Crippen LogP contribution in [0, 0.1) is 0 Å². The number of imide groups is 1. The molecular formula is C48H45Cl7N2O16. The Hall–Kier alpha value is -4.38. The average Bonchev–Trinajstić information content (AvgIpc) is 3.61. The molecule has 3 aliphatic rings. The molecule has 3 heterocycles. The monoisotopic (exact) mass is 1150 g/mol. The van der Waals surface area contributed by atoms with Crippen molar-refractivity contribution in [2.75, 3.05) is 26.9 Å². The molecule has 0 aromatic heterocycles. The number of esters is 2. The third-order valence-electron chi connectivity index (χ3n) is 11.4. The number of nitrogens with zero attached hydrogens (tertiary/aromatic N) is 1. The number of carbonyl (C=O) groups is 5. The summed E-state index contributed by atoms with van der Waals surface area (Å²) in [6, 6.07) is 20.6. The topological polar surface area (TPSA) is 213 Å². The zero-order chi connectivity index (χ0) is 52.7. The van der Waals surface area contributed by atoms with Gasteiger partial charge in [0.15, 0.2) is 18.5 Å². The second-order valence-electron chi connectivity index (χ2n) is 16.5. The van der Waals surface area contributed by atoms with Gasteiger partial charge in [0, 0.05) is 13.8 Å². The van der Waals surface area contributed by atoms with Crippen molar-refractivity contribution in [3.05, 3.63) is 127 Å². The van der Waals surface area contributed by atoms with Crippen molar-refractivity contribution in [3.8, 4) is 11.5 Å². The Balaban J connectivity index is 1.33. The van der Waals surface area contributed by atoms with Crippen LogP contribution in [0.2, 0.25) is 20.1 Å². The summed E-state index contributed by atoms with van der Waals surface area (Å²) in [6.45, 7) is 0.663. The number of alkyl halides is 3. The van der Waals surface area contributed by atoms with E-state index in [2.05, 4.69) is 5.32 Å². The van der Waals surface area contributed by atoms with Crippen LogP contribution in [0.5, 0.6) is 11.5 Å². The zero-order valence-corrected chi connectivity index (χ0v) is 43.8. The van der Waals surface area contributed by atoms with Crippen LogP contribution in [0.4, 0.5) is 4.79 Å². The molecule has 2 fully saturated rings. The molecule has 10 atom stereocenters. The number of hydrogen-bond acceptors (Lipinski definition) is 16. The summed E-state index contributed by atoms with van der Waals surface area (Å²) in [4.78, 5) is 69.2. The number of benzene rings is 4. The Morgan fingerprint density at radius 2 is 1.15 bits per heavy atom. The molecule has 0 unspecified atom stereocenters. The number of alkyl carbamates (subject to hydrolysis) is 1. The Kier molecular flexibility index (Phi) is 19.3. The molecule has 392 valence electrons. The summed E-state index contributed by atoms with van der Waals surface area (Å²) < 4.78 is 58.3. The maximum Gasteiger partial charge on any atom is 0.407 e. The molecule has 3 aliphatic heterocycles. The standard InChI is InChI=1S/C48H45Cl7N2O16/c1-23(58)68-41-30(21-66-19-26-12-8-5-9-13-26)71-45(37(42(41)69-24(2)59)56-47(63)67-22-48(53,54)55)73-40-29(20-65-18-25-10-6-4-7-11-25)72-46(70-28-16-14-27(64-3)15-17-28)38(39(40)60)57-43(61)31-32(44(57)62)34(50)36(52)35(51)33(31)49/h4-17,29-30,37-42,45-46,60H,18-22H2,1-3H3,(H,56,63)/t29-,30-,37-,38-,39-,40-,41+,42-,45+,46-/m1/s1. The molecule has 4 aromatic rings. The Morgan fingerprint density at radius 1 is 0.671 bits per heavy atom. The summed E-state index contributed by atoms with van der Waals surface area (Å²) in [5.74, 6) is -3.36. The van der Waals surface area contributed by atoms with E-state index < -0.39 is 123 Å². The highest BCUT2D eigenvalue weighted by atomic mass is 35.6. The number of aliphatic hydroxyl groups excluding tert-OH is 1. The number of methoxy groups -OCH3 is 1. The van der Waals surface area contributed by atoms with E-state index in [-0.39, 0.29) is 42.2 Å². The van der Waals surface area contributed by atoms with E-state index in [1.54, 1.807) is 60.7 Å². The van der Waals surface area contributed by atoms with Crippen molar-refractivity contribution in [3.63, 3.8) is 0 Å². The van der Waals surface area contributed by atoms with Gasteiger partial charge in [-0.3, -0.25) is 24.1 Å². The van der Waals surface area contributed by atoms with Gasteiger partial charge in [-0.1, -0.05) is 142 Å². The lowest BCUT2D eigenvalue weighted by Gasteiger charge is -2.50. The first-order chi connectivity index (χ1) is 34.8. The molecule has 7 rings (SSSR count). The lowest BCUT2D eigenvalue weighted by molar-refractivity contribution is -0.331. The first-order valence-corrected chi connectivity index (χ1v) is 24.7. The Morgan fingerprint density at radius 3 is 1.64 bits per heavy atom. The molecule has 2 saturated heterocycles. The van der Waals surface area contributed by atoms with Gasteiger partial charge in [0.05, 0.1) is 64.8 Å². The number of rotatable bonds is 18. The highest BCUT2D eigenvalue weighted by molar-refractivity contribution is 6.67. The predicted molar refractivity (Wildman–Crippen MR) is 264 cm³/mol. The van der Waals surface area contributed by atoms with E-state index >= 15 is 0 Å². The van der Waals surface area contributed by atoms with Crippen molar-refractivity contribution >= 4 is 111 Å². The predicted octanol–water partition coefficient (Wildman–Crippen LogP) is 8.31. The normalized spacial score (nSPS) is 24.9. The van der Waals surface area contributed by atoms with E-state index in [0.717, 1.165) is 25.0 Å². The smallest absolute Gasteiger partial charge is 0.407 e. The van der Waals surface area contributed by atoms with Crippen LogP contribution >= 0.6 is 81.2 Å². The van der Waals surface area contributed by atoms with Gasteiger partial charge >= 0.3 is 18.0 Å². The minimum Gasteiger partial charge on any atom is -0.497 e. The zero-order valence-electron chi connectivity index (χ0n) is 38.6. The number of nitrogens with one attached hydrogen (secondary N) is 1. The molecule has 0 bridgehead atoms. The van der Waals surface area contributed by atoms with Crippen molar-refractivity contribution in [2.24, 2.45) is 0 Å². The Bertz CT molecular complexity index is 2570. The van der Waals surface area contributed by atoms with E-state index in [4.69, 9.17) is 129 Å². The van der Waals surface area contributed by atoms with Crippen molar-refractivity contribution < 1.29 is 76.4 Å². The highest BCUT2D eigenvalue weighted by Crippen LogP contribution is 2.47. The van der Waals surface area contributed by atoms with Crippen LogP contribution in [0.1, 0.15) is 45.7 Å². The van der Waals surface area contributed by atoms with E-state index in [0.29, 0.717) is 10.6 Å². The van der Waals surface area contributed by atoms with Gasteiger partial charge < -0.3 is 57.8 Å². The Labute approximate surface area is 453 Å². The number of hydrogen-bond donors (Lipinski definition) is 2. The molecular weight excluding hydrogens is 1110 g/mol. The fourth-order valence-electron chi connectivity index (χ4n) is 8.19.